The lowest BCUT2D eigenvalue weighted by molar-refractivity contribution is -0.142. The molecule has 126 valence electrons. The predicted molar refractivity (Wildman–Crippen MR) is 93.2 cm³/mol. The summed E-state index contributed by atoms with van der Waals surface area (Å²) >= 11 is 3.53. The molecule has 0 aromatic heterocycles. The summed E-state index contributed by atoms with van der Waals surface area (Å²) in [4.78, 5) is 23.5. The summed E-state index contributed by atoms with van der Waals surface area (Å²) in [7, 11) is 0. The molecular weight excluding hydrogens is 358 g/mol. The third-order valence-electron chi connectivity index (χ3n) is 4.71. The largest absolute Gasteiger partial charge is 0.481 e. The van der Waals surface area contributed by atoms with Crippen molar-refractivity contribution in [1.29, 1.82) is 0 Å². The van der Waals surface area contributed by atoms with E-state index in [1.165, 1.54) is 0 Å². The Morgan fingerprint density at radius 3 is 2.48 bits per heavy atom. The number of nitrogens with one attached hydrogen (secondary N) is 1. The van der Waals surface area contributed by atoms with Crippen molar-refractivity contribution in [2.24, 2.45) is 11.8 Å². The number of amides is 1. The summed E-state index contributed by atoms with van der Waals surface area (Å²) in [5, 5.41) is 12.2. The van der Waals surface area contributed by atoms with Gasteiger partial charge in [-0.2, -0.15) is 0 Å². The highest BCUT2D eigenvalue weighted by atomic mass is 79.9. The van der Waals surface area contributed by atoms with Gasteiger partial charge in [-0.25, -0.2) is 0 Å². The highest BCUT2D eigenvalue weighted by Crippen LogP contribution is 2.25. The van der Waals surface area contributed by atoms with Gasteiger partial charge in [-0.1, -0.05) is 41.1 Å². The number of aliphatic carboxylic acids is 1. The fourth-order valence-electron chi connectivity index (χ4n) is 3.16. The number of benzene rings is 1. The number of carboxylic acids is 1. The average molecular weight is 382 g/mol. The zero-order valence-corrected chi connectivity index (χ0v) is 15.0. The van der Waals surface area contributed by atoms with E-state index < -0.39 is 5.97 Å². The Morgan fingerprint density at radius 1 is 1.26 bits per heavy atom. The van der Waals surface area contributed by atoms with Gasteiger partial charge in [0.1, 0.15) is 0 Å². The maximum Gasteiger partial charge on any atom is 0.306 e. The van der Waals surface area contributed by atoms with Crippen LogP contribution in [0.2, 0.25) is 0 Å². The molecule has 0 spiro atoms. The Labute approximate surface area is 145 Å². The van der Waals surface area contributed by atoms with E-state index in [1.807, 2.05) is 31.2 Å². The topological polar surface area (TPSA) is 66.4 Å². The molecule has 1 atom stereocenters. The van der Waals surface area contributed by atoms with Crippen molar-refractivity contribution in [3.63, 3.8) is 0 Å². The van der Waals surface area contributed by atoms with Crippen LogP contribution in [0.3, 0.4) is 0 Å². The number of hydrogen-bond acceptors (Lipinski definition) is 2. The molecule has 0 aliphatic heterocycles. The highest BCUT2D eigenvalue weighted by molar-refractivity contribution is 9.10. The van der Waals surface area contributed by atoms with E-state index in [0.29, 0.717) is 19.3 Å². The quantitative estimate of drug-likeness (QED) is 0.787. The first-order valence-corrected chi connectivity index (χ1v) is 9.07. The number of carbonyl (C=O) groups excluding carboxylic acids is 1. The van der Waals surface area contributed by atoms with Gasteiger partial charge in [0.15, 0.2) is 0 Å². The molecule has 23 heavy (non-hydrogen) atoms. The molecule has 1 aromatic carbocycles. The Kier molecular flexibility index (Phi) is 6.63. The molecule has 2 rings (SSSR count). The fraction of sp³-hybridized carbons (Fsp3) is 0.556. The monoisotopic (exact) mass is 381 g/mol. The minimum Gasteiger partial charge on any atom is -0.481 e. The minimum atomic E-state index is -0.713. The molecule has 0 saturated heterocycles. The molecule has 1 saturated carbocycles. The van der Waals surface area contributed by atoms with Crippen LogP contribution in [0.15, 0.2) is 28.7 Å². The van der Waals surface area contributed by atoms with Crippen LogP contribution in [0.4, 0.5) is 0 Å². The van der Waals surface area contributed by atoms with Gasteiger partial charge in [0, 0.05) is 16.4 Å². The second kappa shape index (κ2) is 8.48. The molecule has 1 aromatic rings. The standard InChI is InChI=1S/C18H24BrNO3/c1-2-12(11-14-5-3-4-6-16(14)19)17(21)20-15-9-7-13(8-10-15)18(22)23/h3-6,12-13,15H,2,7-11H2,1H3,(H,20,21)(H,22,23). The number of carbonyl (C=O) groups is 2. The number of halogens is 1. The van der Waals surface area contributed by atoms with Crippen molar-refractivity contribution in [3.8, 4) is 0 Å². The summed E-state index contributed by atoms with van der Waals surface area (Å²) < 4.78 is 1.04. The molecule has 2 N–H and O–H groups in total. The molecule has 4 nitrogen and oxygen atoms in total. The molecule has 1 fully saturated rings. The molecule has 5 heteroatoms. The first kappa shape index (κ1) is 18.0. The summed E-state index contributed by atoms with van der Waals surface area (Å²) in [6, 6.07) is 8.10. The lowest BCUT2D eigenvalue weighted by atomic mass is 9.85. The highest BCUT2D eigenvalue weighted by Gasteiger charge is 2.28. The van der Waals surface area contributed by atoms with Crippen LogP contribution in [0.5, 0.6) is 0 Å². The minimum absolute atomic E-state index is 0.0501. The zero-order valence-electron chi connectivity index (χ0n) is 13.4. The van der Waals surface area contributed by atoms with Crippen LogP contribution in [0.1, 0.15) is 44.6 Å². The van der Waals surface area contributed by atoms with Gasteiger partial charge in [0.05, 0.1) is 5.92 Å². The van der Waals surface area contributed by atoms with E-state index >= 15 is 0 Å². The van der Waals surface area contributed by atoms with Gasteiger partial charge in [0.25, 0.3) is 0 Å². The fourth-order valence-corrected chi connectivity index (χ4v) is 3.60. The number of hydrogen-bond donors (Lipinski definition) is 2. The third-order valence-corrected chi connectivity index (χ3v) is 5.48. The third kappa shape index (κ3) is 5.06. The van der Waals surface area contributed by atoms with Crippen LogP contribution >= 0.6 is 15.9 Å². The van der Waals surface area contributed by atoms with Gasteiger partial charge in [-0.05, 0) is 50.2 Å². The lowest BCUT2D eigenvalue weighted by Gasteiger charge is -2.28. The summed E-state index contributed by atoms with van der Waals surface area (Å²) in [6.07, 6.45) is 4.33. The maximum absolute atomic E-state index is 12.5. The van der Waals surface area contributed by atoms with Crippen molar-refractivity contribution in [1.82, 2.24) is 5.32 Å². The first-order valence-electron chi connectivity index (χ1n) is 8.27. The van der Waals surface area contributed by atoms with E-state index in [9.17, 15) is 9.59 Å². The van der Waals surface area contributed by atoms with Crippen molar-refractivity contribution in [3.05, 3.63) is 34.3 Å². The summed E-state index contributed by atoms with van der Waals surface area (Å²) in [6.45, 7) is 2.03. The summed E-state index contributed by atoms with van der Waals surface area (Å²) in [5.74, 6) is -0.923. The molecule has 1 amide bonds. The van der Waals surface area contributed by atoms with E-state index in [2.05, 4.69) is 21.2 Å². The van der Waals surface area contributed by atoms with Crippen molar-refractivity contribution >= 4 is 27.8 Å². The van der Waals surface area contributed by atoms with Gasteiger partial charge in [-0.3, -0.25) is 9.59 Å². The Balaban J connectivity index is 1.88. The van der Waals surface area contributed by atoms with Gasteiger partial charge in [0.2, 0.25) is 5.91 Å². The SMILES string of the molecule is CCC(Cc1ccccc1Br)C(=O)NC1CCC(C(=O)O)CC1. The van der Waals surface area contributed by atoms with Gasteiger partial charge < -0.3 is 10.4 Å². The Hall–Kier alpha value is -1.36. The van der Waals surface area contributed by atoms with Crippen LogP contribution in [0.25, 0.3) is 0 Å². The Bertz CT molecular complexity index is 553. The maximum atomic E-state index is 12.5. The number of carboxylic acid groups (broad SMARTS) is 1. The van der Waals surface area contributed by atoms with Crippen molar-refractivity contribution < 1.29 is 14.7 Å². The van der Waals surface area contributed by atoms with Crippen LogP contribution in [0, 0.1) is 11.8 Å². The smallest absolute Gasteiger partial charge is 0.306 e. The predicted octanol–water partition coefficient (Wildman–Crippen LogP) is 3.78. The second-order valence-corrected chi connectivity index (χ2v) is 7.15. The average Bonchev–Trinajstić information content (AvgIpc) is 2.54. The first-order chi connectivity index (χ1) is 11.0. The molecule has 0 heterocycles. The van der Waals surface area contributed by atoms with Crippen molar-refractivity contribution in [2.75, 3.05) is 0 Å². The van der Waals surface area contributed by atoms with E-state index in [0.717, 1.165) is 29.3 Å². The molecule has 0 bridgehead atoms. The lowest BCUT2D eigenvalue weighted by Crippen LogP contribution is -2.42. The molecule has 0 radical (unpaired) electrons. The van der Waals surface area contributed by atoms with Crippen LogP contribution < -0.4 is 5.32 Å². The zero-order chi connectivity index (χ0) is 16.8. The molecule has 1 aliphatic rings. The second-order valence-electron chi connectivity index (χ2n) is 6.30. The van der Waals surface area contributed by atoms with E-state index in [1.54, 1.807) is 0 Å². The number of rotatable bonds is 6. The van der Waals surface area contributed by atoms with Crippen molar-refractivity contribution in [2.45, 2.75) is 51.5 Å². The van der Waals surface area contributed by atoms with E-state index in [-0.39, 0.29) is 23.8 Å². The van der Waals surface area contributed by atoms with Crippen LogP contribution in [-0.4, -0.2) is 23.0 Å². The molecule has 1 unspecified atom stereocenters. The Morgan fingerprint density at radius 2 is 1.91 bits per heavy atom. The summed E-state index contributed by atoms with van der Waals surface area (Å²) in [5.41, 5.74) is 1.14. The van der Waals surface area contributed by atoms with Gasteiger partial charge in [-0.15, -0.1) is 0 Å². The van der Waals surface area contributed by atoms with Crippen LogP contribution in [-0.2, 0) is 16.0 Å². The normalized spacial score (nSPS) is 22.3. The molecular formula is C18H24BrNO3. The van der Waals surface area contributed by atoms with E-state index in [4.69, 9.17) is 5.11 Å². The van der Waals surface area contributed by atoms with Gasteiger partial charge >= 0.3 is 5.97 Å². The molecule has 1 aliphatic carbocycles.